The molecular formula is C16H16N2O3. The summed E-state index contributed by atoms with van der Waals surface area (Å²) in [6.07, 6.45) is 1.54. The van der Waals surface area contributed by atoms with Crippen molar-refractivity contribution < 1.29 is 14.7 Å². The van der Waals surface area contributed by atoms with Gasteiger partial charge in [-0.3, -0.25) is 4.79 Å². The molecule has 0 saturated heterocycles. The minimum atomic E-state index is -1.04. The maximum Gasteiger partial charge on any atom is 0.354 e. The van der Waals surface area contributed by atoms with E-state index in [0.717, 1.165) is 16.7 Å². The number of aromatic nitrogens is 1. The molecule has 108 valence electrons. The fourth-order valence-corrected chi connectivity index (χ4v) is 1.88. The molecule has 0 unspecified atom stereocenters. The van der Waals surface area contributed by atoms with Crippen LogP contribution in [0.25, 0.3) is 11.1 Å². The minimum absolute atomic E-state index is 0.0209. The van der Waals surface area contributed by atoms with Crippen LogP contribution in [0.4, 0.5) is 0 Å². The lowest BCUT2D eigenvalue weighted by atomic mass is 10.1. The van der Waals surface area contributed by atoms with Gasteiger partial charge in [0.05, 0.1) is 0 Å². The van der Waals surface area contributed by atoms with E-state index in [2.05, 4.69) is 4.98 Å². The highest BCUT2D eigenvalue weighted by atomic mass is 16.4. The van der Waals surface area contributed by atoms with Gasteiger partial charge in [0, 0.05) is 32.3 Å². The average molecular weight is 284 g/mol. The van der Waals surface area contributed by atoms with E-state index in [1.54, 1.807) is 24.2 Å². The maximum absolute atomic E-state index is 11.2. The quantitative estimate of drug-likeness (QED) is 0.936. The Morgan fingerprint density at radius 3 is 2.19 bits per heavy atom. The molecule has 2 aromatic rings. The van der Waals surface area contributed by atoms with Gasteiger partial charge in [0.25, 0.3) is 0 Å². The number of nitrogens with zero attached hydrogens (tertiary/aromatic N) is 2. The number of hydrogen-bond donors (Lipinski definition) is 1. The second-order valence-corrected chi connectivity index (χ2v) is 4.81. The Kier molecular flexibility index (Phi) is 4.33. The molecule has 5 heteroatoms. The SMILES string of the molecule is CC(=O)N(C)Cc1ccc(-c2ccc(C(=O)O)nc2)cc1. The lowest BCUT2D eigenvalue weighted by Crippen LogP contribution is -2.22. The molecule has 1 N–H and O–H groups in total. The first-order chi connectivity index (χ1) is 9.97. The summed E-state index contributed by atoms with van der Waals surface area (Å²) in [6, 6.07) is 11.0. The molecule has 21 heavy (non-hydrogen) atoms. The Bertz CT molecular complexity index is 648. The summed E-state index contributed by atoms with van der Waals surface area (Å²) in [5.41, 5.74) is 2.87. The van der Waals surface area contributed by atoms with Gasteiger partial charge in [-0.1, -0.05) is 30.3 Å². The molecule has 5 nitrogen and oxygen atoms in total. The predicted molar refractivity (Wildman–Crippen MR) is 78.8 cm³/mol. The van der Waals surface area contributed by atoms with Crippen LogP contribution in [0.3, 0.4) is 0 Å². The largest absolute Gasteiger partial charge is 0.477 e. The molecule has 1 amide bonds. The number of pyridine rings is 1. The van der Waals surface area contributed by atoms with Crippen LogP contribution in [0.5, 0.6) is 0 Å². The van der Waals surface area contributed by atoms with Gasteiger partial charge in [-0.2, -0.15) is 0 Å². The van der Waals surface area contributed by atoms with Crippen molar-refractivity contribution in [3.8, 4) is 11.1 Å². The van der Waals surface area contributed by atoms with Gasteiger partial charge in [-0.25, -0.2) is 9.78 Å². The molecule has 0 saturated carbocycles. The van der Waals surface area contributed by atoms with Gasteiger partial charge in [0.2, 0.25) is 5.91 Å². The van der Waals surface area contributed by atoms with Crippen molar-refractivity contribution in [1.82, 2.24) is 9.88 Å². The number of carboxylic acid groups (broad SMARTS) is 1. The number of carbonyl (C=O) groups is 2. The summed E-state index contributed by atoms with van der Waals surface area (Å²) in [5.74, 6) is -1.02. The highest BCUT2D eigenvalue weighted by Gasteiger charge is 2.06. The van der Waals surface area contributed by atoms with E-state index in [-0.39, 0.29) is 11.6 Å². The molecular weight excluding hydrogens is 268 g/mol. The molecule has 0 fully saturated rings. The van der Waals surface area contributed by atoms with Crippen molar-refractivity contribution in [3.63, 3.8) is 0 Å². The monoisotopic (exact) mass is 284 g/mol. The number of amides is 1. The van der Waals surface area contributed by atoms with Crippen molar-refractivity contribution >= 4 is 11.9 Å². The number of carbonyl (C=O) groups excluding carboxylic acids is 1. The van der Waals surface area contributed by atoms with Crippen LogP contribution in [0.2, 0.25) is 0 Å². The third-order valence-corrected chi connectivity index (χ3v) is 3.23. The van der Waals surface area contributed by atoms with E-state index >= 15 is 0 Å². The first kappa shape index (κ1) is 14.7. The van der Waals surface area contributed by atoms with Gasteiger partial charge < -0.3 is 10.0 Å². The van der Waals surface area contributed by atoms with Crippen LogP contribution in [0.1, 0.15) is 23.0 Å². The summed E-state index contributed by atoms with van der Waals surface area (Å²) in [4.78, 5) is 27.5. The van der Waals surface area contributed by atoms with Crippen LogP contribution in [0, 0.1) is 0 Å². The topological polar surface area (TPSA) is 70.5 Å². The van der Waals surface area contributed by atoms with Gasteiger partial charge in [-0.15, -0.1) is 0 Å². The van der Waals surface area contributed by atoms with Crippen molar-refractivity contribution in [2.75, 3.05) is 7.05 Å². The Morgan fingerprint density at radius 2 is 1.71 bits per heavy atom. The third kappa shape index (κ3) is 3.66. The van der Waals surface area contributed by atoms with E-state index in [1.165, 1.54) is 13.0 Å². The Hall–Kier alpha value is -2.69. The molecule has 0 atom stereocenters. The predicted octanol–water partition coefficient (Wildman–Crippen LogP) is 2.43. The zero-order valence-electron chi connectivity index (χ0n) is 11.9. The van der Waals surface area contributed by atoms with Crippen molar-refractivity contribution in [3.05, 3.63) is 53.9 Å². The number of aromatic carboxylic acids is 1. The van der Waals surface area contributed by atoms with Crippen LogP contribution < -0.4 is 0 Å². The number of carboxylic acids is 1. The van der Waals surface area contributed by atoms with Gasteiger partial charge in [0.15, 0.2) is 0 Å². The molecule has 1 heterocycles. The molecule has 0 radical (unpaired) electrons. The van der Waals surface area contributed by atoms with Crippen molar-refractivity contribution in [2.45, 2.75) is 13.5 Å². The second-order valence-electron chi connectivity index (χ2n) is 4.81. The Labute approximate surface area is 122 Å². The van der Waals surface area contributed by atoms with Crippen LogP contribution >= 0.6 is 0 Å². The standard InChI is InChI=1S/C16H16N2O3/c1-11(19)18(2)10-12-3-5-13(6-4-12)14-7-8-15(16(20)21)17-9-14/h3-9H,10H2,1-2H3,(H,20,21). The Balaban J connectivity index is 2.15. The zero-order chi connectivity index (χ0) is 15.4. The molecule has 1 aromatic carbocycles. The number of hydrogen-bond acceptors (Lipinski definition) is 3. The van der Waals surface area contributed by atoms with Gasteiger partial charge >= 0.3 is 5.97 Å². The first-order valence-electron chi connectivity index (χ1n) is 6.47. The van der Waals surface area contributed by atoms with E-state index in [1.807, 2.05) is 24.3 Å². The number of benzene rings is 1. The van der Waals surface area contributed by atoms with Crippen LogP contribution in [0.15, 0.2) is 42.6 Å². The average Bonchev–Trinajstić information content (AvgIpc) is 2.48. The summed E-state index contributed by atoms with van der Waals surface area (Å²) < 4.78 is 0. The van der Waals surface area contributed by atoms with E-state index < -0.39 is 5.97 Å². The van der Waals surface area contributed by atoms with Crippen LogP contribution in [-0.4, -0.2) is 33.9 Å². The summed E-state index contributed by atoms with van der Waals surface area (Å²) in [5, 5.41) is 8.82. The van der Waals surface area contributed by atoms with Crippen LogP contribution in [-0.2, 0) is 11.3 Å². The fraction of sp³-hybridized carbons (Fsp3) is 0.188. The second kappa shape index (κ2) is 6.17. The fourth-order valence-electron chi connectivity index (χ4n) is 1.88. The molecule has 0 spiro atoms. The van der Waals surface area contributed by atoms with E-state index in [0.29, 0.717) is 6.54 Å². The smallest absolute Gasteiger partial charge is 0.354 e. The number of rotatable bonds is 4. The summed E-state index contributed by atoms with van der Waals surface area (Å²) in [6.45, 7) is 2.09. The zero-order valence-corrected chi connectivity index (χ0v) is 11.9. The van der Waals surface area contributed by atoms with Gasteiger partial charge in [0.1, 0.15) is 5.69 Å². The molecule has 0 bridgehead atoms. The molecule has 0 aliphatic carbocycles. The highest BCUT2D eigenvalue weighted by molar-refractivity contribution is 5.85. The van der Waals surface area contributed by atoms with Crippen molar-refractivity contribution in [1.29, 1.82) is 0 Å². The normalized spacial score (nSPS) is 10.2. The third-order valence-electron chi connectivity index (χ3n) is 3.23. The lowest BCUT2D eigenvalue weighted by molar-refractivity contribution is -0.128. The molecule has 0 aliphatic rings. The van der Waals surface area contributed by atoms with E-state index in [9.17, 15) is 9.59 Å². The van der Waals surface area contributed by atoms with Gasteiger partial charge in [-0.05, 0) is 17.2 Å². The van der Waals surface area contributed by atoms with Crippen molar-refractivity contribution in [2.24, 2.45) is 0 Å². The summed E-state index contributed by atoms with van der Waals surface area (Å²) in [7, 11) is 1.75. The molecule has 2 rings (SSSR count). The molecule has 0 aliphatic heterocycles. The summed E-state index contributed by atoms with van der Waals surface area (Å²) >= 11 is 0. The first-order valence-corrected chi connectivity index (χ1v) is 6.47. The van der Waals surface area contributed by atoms with E-state index in [4.69, 9.17) is 5.11 Å². The molecule has 1 aromatic heterocycles. The lowest BCUT2D eigenvalue weighted by Gasteiger charge is -2.14. The maximum atomic E-state index is 11.2. The Morgan fingerprint density at radius 1 is 1.10 bits per heavy atom. The minimum Gasteiger partial charge on any atom is -0.477 e. The highest BCUT2D eigenvalue weighted by Crippen LogP contribution is 2.19.